The molecular formula is C21H22F3NO2S. The maximum atomic E-state index is 12.9. The fourth-order valence-corrected chi connectivity index (χ4v) is 4.56. The number of alkyl halides is 3. The average molecular weight is 409 g/mol. The van der Waals surface area contributed by atoms with E-state index in [1.54, 1.807) is 0 Å². The molecule has 0 bridgehead atoms. The van der Waals surface area contributed by atoms with E-state index in [4.69, 9.17) is 4.74 Å². The summed E-state index contributed by atoms with van der Waals surface area (Å²) in [6, 6.07) is 10.1. The molecule has 28 heavy (non-hydrogen) atoms. The van der Waals surface area contributed by atoms with Gasteiger partial charge < -0.3 is 9.72 Å². The van der Waals surface area contributed by atoms with Gasteiger partial charge in [-0.3, -0.25) is 4.79 Å². The Morgan fingerprint density at radius 3 is 2.25 bits per heavy atom. The number of hydrogen-bond acceptors (Lipinski definition) is 3. The third-order valence-corrected chi connectivity index (χ3v) is 6.51. The first-order valence-corrected chi connectivity index (χ1v) is 10.5. The number of thioether (sulfide) groups is 1. The normalized spacial score (nSPS) is 19.1. The van der Waals surface area contributed by atoms with E-state index in [1.165, 1.54) is 23.8 Å². The number of H-pyrrole nitrogens is 1. The molecular weight excluding hydrogens is 387 g/mol. The number of pyridine rings is 1. The van der Waals surface area contributed by atoms with E-state index >= 15 is 0 Å². The summed E-state index contributed by atoms with van der Waals surface area (Å²) in [5.41, 5.74) is -1.13. The van der Waals surface area contributed by atoms with Crippen molar-refractivity contribution >= 4 is 11.8 Å². The first-order chi connectivity index (χ1) is 13.4. The van der Waals surface area contributed by atoms with Crippen LogP contribution in [-0.4, -0.2) is 16.3 Å². The van der Waals surface area contributed by atoms with Crippen LogP contribution in [0, 0.1) is 0 Å². The summed E-state index contributed by atoms with van der Waals surface area (Å²) in [5, 5.41) is 0.697. The quantitative estimate of drug-likeness (QED) is 0.666. The van der Waals surface area contributed by atoms with Crippen LogP contribution in [-0.2, 0) is 10.9 Å². The second-order valence-electron chi connectivity index (χ2n) is 7.46. The molecule has 1 aromatic carbocycles. The number of ether oxygens (including phenoxy) is 1. The third-order valence-electron chi connectivity index (χ3n) is 5.16. The highest BCUT2D eigenvalue weighted by molar-refractivity contribution is 8.00. The number of nitrogens with one attached hydrogen (secondary N) is 1. The van der Waals surface area contributed by atoms with E-state index in [0.29, 0.717) is 10.9 Å². The molecule has 2 aromatic rings. The van der Waals surface area contributed by atoms with Crippen LogP contribution in [0.4, 0.5) is 13.2 Å². The Morgan fingerprint density at radius 1 is 1.00 bits per heavy atom. The first-order valence-electron chi connectivity index (χ1n) is 9.62. The molecule has 1 aromatic heterocycles. The highest BCUT2D eigenvalue weighted by Gasteiger charge is 2.34. The van der Waals surface area contributed by atoms with E-state index in [9.17, 15) is 18.0 Å². The number of aromatic amines is 1. The summed E-state index contributed by atoms with van der Waals surface area (Å²) < 4.78 is 45.0. The van der Waals surface area contributed by atoms with Crippen molar-refractivity contribution in [3.63, 3.8) is 0 Å². The topological polar surface area (TPSA) is 42.1 Å². The lowest BCUT2D eigenvalue weighted by atomic mass is 10.0. The molecule has 0 spiro atoms. The molecule has 7 heteroatoms. The highest BCUT2D eigenvalue weighted by atomic mass is 32.2. The average Bonchev–Trinajstić information content (AvgIpc) is 3.31. The van der Waals surface area contributed by atoms with Gasteiger partial charge in [0.25, 0.3) is 5.56 Å². The highest BCUT2D eigenvalue weighted by Crippen LogP contribution is 2.40. The van der Waals surface area contributed by atoms with Crippen LogP contribution in [0.15, 0.2) is 46.1 Å². The summed E-state index contributed by atoms with van der Waals surface area (Å²) in [5.74, 6) is 0. The number of aromatic nitrogens is 1. The molecule has 2 aliphatic rings. The molecule has 2 fully saturated rings. The Hall–Kier alpha value is -1.73. The Balaban J connectivity index is 1.63. The van der Waals surface area contributed by atoms with Crippen LogP contribution in [0.2, 0.25) is 0 Å². The molecule has 3 nitrogen and oxygen atoms in total. The number of rotatable bonds is 6. The number of halogens is 3. The van der Waals surface area contributed by atoms with Crippen molar-refractivity contribution in [2.45, 2.75) is 67.1 Å². The van der Waals surface area contributed by atoms with Crippen molar-refractivity contribution in [1.82, 2.24) is 4.98 Å². The van der Waals surface area contributed by atoms with E-state index < -0.39 is 23.4 Å². The predicted octanol–water partition coefficient (Wildman–Crippen LogP) is 5.70. The summed E-state index contributed by atoms with van der Waals surface area (Å²) in [4.78, 5) is 15.6. The van der Waals surface area contributed by atoms with Gasteiger partial charge in [0.05, 0.1) is 11.8 Å². The maximum Gasteiger partial charge on any atom is 0.421 e. The zero-order chi connectivity index (χ0) is 19.7. The fraction of sp³-hybridized carbons (Fsp3) is 0.476. The summed E-state index contributed by atoms with van der Waals surface area (Å²) >= 11 is 1.84. The summed E-state index contributed by atoms with van der Waals surface area (Å²) in [7, 11) is 0. The molecule has 150 valence electrons. The van der Waals surface area contributed by atoms with Crippen molar-refractivity contribution in [3.05, 3.63) is 63.6 Å². The van der Waals surface area contributed by atoms with E-state index in [-0.39, 0.29) is 6.10 Å². The van der Waals surface area contributed by atoms with Crippen molar-refractivity contribution in [1.29, 1.82) is 0 Å². The van der Waals surface area contributed by atoms with Gasteiger partial charge >= 0.3 is 6.18 Å². The van der Waals surface area contributed by atoms with Crippen LogP contribution in [0.1, 0.15) is 61.4 Å². The lowest BCUT2D eigenvalue weighted by molar-refractivity contribution is -0.138. The van der Waals surface area contributed by atoms with Crippen LogP contribution in [0.25, 0.3) is 0 Å². The molecule has 0 aliphatic heterocycles. The molecule has 1 atom stereocenters. The van der Waals surface area contributed by atoms with E-state index in [2.05, 4.69) is 4.98 Å². The Kier molecular flexibility index (Phi) is 5.56. The van der Waals surface area contributed by atoms with E-state index in [1.807, 2.05) is 36.0 Å². The zero-order valence-electron chi connectivity index (χ0n) is 15.3. The summed E-state index contributed by atoms with van der Waals surface area (Å²) in [6.45, 7) is 0. The van der Waals surface area contributed by atoms with Crippen molar-refractivity contribution in [3.8, 4) is 0 Å². The second-order valence-corrected chi connectivity index (χ2v) is 8.84. The van der Waals surface area contributed by atoms with Crippen LogP contribution >= 0.6 is 11.8 Å². The fourth-order valence-electron chi connectivity index (χ4n) is 3.51. The molecule has 0 radical (unpaired) electrons. The van der Waals surface area contributed by atoms with Gasteiger partial charge in [0.1, 0.15) is 11.7 Å². The lowest BCUT2D eigenvalue weighted by Crippen LogP contribution is -2.24. The Morgan fingerprint density at radius 2 is 1.68 bits per heavy atom. The number of hydrogen-bond donors (Lipinski definition) is 1. The SMILES string of the molecule is O=c1[nH]c(C(OC2CCCC2)c2ccc(SC3CC3)cc2)ccc1C(F)(F)F. The van der Waals surface area contributed by atoms with Gasteiger partial charge in [-0.15, -0.1) is 11.8 Å². The lowest BCUT2D eigenvalue weighted by Gasteiger charge is -2.23. The summed E-state index contributed by atoms with van der Waals surface area (Å²) in [6.07, 6.45) is 1.30. The largest absolute Gasteiger partial charge is 0.421 e. The molecule has 2 aliphatic carbocycles. The van der Waals surface area contributed by atoms with Crippen molar-refractivity contribution in [2.24, 2.45) is 0 Å². The van der Waals surface area contributed by atoms with Gasteiger partial charge in [-0.2, -0.15) is 13.2 Å². The maximum absolute atomic E-state index is 12.9. The van der Waals surface area contributed by atoms with Crippen molar-refractivity contribution < 1.29 is 17.9 Å². The molecule has 2 saturated carbocycles. The van der Waals surface area contributed by atoms with Gasteiger partial charge in [0, 0.05) is 10.1 Å². The predicted molar refractivity (Wildman–Crippen MR) is 103 cm³/mol. The molecule has 0 amide bonds. The number of benzene rings is 1. The van der Waals surface area contributed by atoms with Crippen LogP contribution in [0.5, 0.6) is 0 Å². The third kappa shape index (κ3) is 4.63. The van der Waals surface area contributed by atoms with Crippen LogP contribution in [0.3, 0.4) is 0 Å². The molecule has 1 unspecified atom stereocenters. The zero-order valence-corrected chi connectivity index (χ0v) is 16.1. The van der Waals surface area contributed by atoms with Gasteiger partial charge in [-0.05, 0) is 55.5 Å². The Bertz CT molecular complexity index is 868. The molecule has 0 saturated heterocycles. The van der Waals surface area contributed by atoms with Crippen LogP contribution < -0.4 is 5.56 Å². The van der Waals surface area contributed by atoms with Gasteiger partial charge in [0.2, 0.25) is 0 Å². The molecule has 1 heterocycles. The second kappa shape index (κ2) is 7.95. The van der Waals surface area contributed by atoms with Gasteiger partial charge in [-0.1, -0.05) is 25.0 Å². The monoisotopic (exact) mass is 409 g/mol. The Labute approximate surface area is 165 Å². The van der Waals surface area contributed by atoms with Crippen molar-refractivity contribution in [2.75, 3.05) is 0 Å². The standard InChI is InChI=1S/C21H22F3NO2S/c22-21(23,24)17-11-12-18(25-20(17)26)19(27-14-3-1-2-4-14)13-5-7-15(8-6-13)28-16-9-10-16/h5-8,11-12,14,16,19H,1-4,9-10H2,(H,25,26). The minimum atomic E-state index is -4.67. The smallest absolute Gasteiger partial charge is 0.364 e. The minimum Gasteiger partial charge on any atom is -0.364 e. The van der Waals surface area contributed by atoms with Gasteiger partial charge in [0.15, 0.2) is 0 Å². The van der Waals surface area contributed by atoms with Gasteiger partial charge in [-0.25, -0.2) is 0 Å². The molecule has 1 N–H and O–H groups in total. The molecule has 4 rings (SSSR count). The first kappa shape index (κ1) is 19.6. The minimum absolute atomic E-state index is 0.0521. The van der Waals surface area contributed by atoms with E-state index in [0.717, 1.165) is 37.3 Å².